The molecular formula is C28H34N4O3. The molecule has 0 aliphatic carbocycles. The van der Waals surface area contributed by atoms with Crippen LogP contribution in [0.25, 0.3) is 16.9 Å². The Morgan fingerprint density at radius 3 is 2.57 bits per heavy atom. The van der Waals surface area contributed by atoms with Gasteiger partial charge in [0.05, 0.1) is 11.8 Å². The van der Waals surface area contributed by atoms with E-state index >= 15 is 0 Å². The molecule has 7 heteroatoms. The van der Waals surface area contributed by atoms with Gasteiger partial charge >= 0.3 is 0 Å². The third-order valence-corrected chi connectivity index (χ3v) is 6.38. The Hall–Kier alpha value is -3.45. The number of nitrogens with zero attached hydrogens (tertiary/aromatic N) is 3. The molecule has 2 heterocycles. The summed E-state index contributed by atoms with van der Waals surface area (Å²) < 4.78 is 7.61. The monoisotopic (exact) mass is 474 g/mol. The lowest BCUT2D eigenvalue weighted by molar-refractivity contribution is -0.139. The van der Waals surface area contributed by atoms with Crippen LogP contribution < -0.4 is 5.32 Å². The third-order valence-electron chi connectivity index (χ3n) is 6.38. The number of nitrogens with one attached hydrogen (secondary N) is 1. The number of amides is 2. The smallest absolute Gasteiger partial charge is 0.246 e. The zero-order valence-electron chi connectivity index (χ0n) is 21.0. The van der Waals surface area contributed by atoms with E-state index in [4.69, 9.17) is 9.72 Å². The molecule has 7 nitrogen and oxygen atoms in total. The van der Waals surface area contributed by atoms with Gasteiger partial charge in [-0.25, -0.2) is 4.98 Å². The maximum atomic E-state index is 13.2. The molecular weight excluding hydrogens is 440 g/mol. The Labute approximate surface area is 207 Å². The van der Waals surface area contributed by atoms with Gasteiger partial charge in [-0.2, -0.15) is 0 Å². The maximum absolute atomic E-state index is 13.2. The minimum atomic E-state index is -0.285. The van der Waals surface area contributed by atoms with Crippen molar-refractivity contribution < 1.29 is 14.3 Å². The van der Waals surface area contributed by atoms with Crippen molar-refractivity contribution in [1.82, 2.24) is 14.5 Å². The number of benzene rings is 2. The first kappa shape index (κ1) is 24.7. The van der Waals surface area contributed by atoms with E-state index in [-0.39, 0.29) is 30.4 Å². The van der Waals surface area contributed by atoms with Gasteiger partial charge in [-0.1, -0.05) is 50.2 Å². The fourth-order valence-electron chi connectivity index (χ4n) is 4.26. The maximum Gasteiger partial charge on any atom is 0.246 e. The zero-order chi connectivity index (χ0) is 24.9. The molecule has 1 N–H and O–H groups in total. The predicted octanol–water partition coefficient (Wildman–Crippen LogP) is 4.76. The average molecular weight is 475 g/mol. The summed E-state index contributed by atoms with van der Waals surface area (Å²) in [6, 6.07) is 16.0. The first-order chi connectivity index (χ1) is 16.8. The molecule has 0 spiro atoms. The lowest BCUT2D eigenvalue weighted by Gasteiger charge is -2.26. The van der Waals surface area contributed by atoms with Gasteiger partial charge in [-0.05, 0) is 49.9 Å². The number of anilines is 1. The van der Waals surface area contributed by atoms with Gasteiger partial charge in [0.25, 0.3) is 0 Å². The molecule has 0 bridgehead atoms. The number of rotatable bonds is 8. The van der Waals surface area contributed by atoms with E-state index in [1.54, 1.807) is 4.90 Å². The first-order valence-electron chi connectivity index (χ1n) is 12.2. The van der Waals surface area contributed by atoms with Crippen LogP contribution in [0.2, 0.25) is 0 Å². The minimum Gasteiger partial charge on any atom is -0.376 e. The molecule has 1 atom stereocenters. The molecule has 1 aromatic heterocycles. The highest BCUT2D eigenvalue weighted by Crippen LogP contribution is 2.25. The molecule has 0 saturated carbocycles. The van der Waals surface area contributed by atoms with E-state index in [0.717, 1.165) is 35.3 Å². The van der Waals surface area contributed by atoms with Crippen molar-refractivity contribution in [1.29, 1.82) is 0 Å². The van der Waals surface area contributed by atoms with E-state index in [9.17, 15) is 9.59 Å². The molecule has 1 unspecified atom stereocenters. The number of hydrogen-bond acceptors (Lipinski definition) is 4. The normalized spacial score (nSPS) is 15.4. The zero-order valence-corrected chi connectivity index (χ0v) is 21.0. The molecule has 0 radical (unpaired) electrons. The molecule has 1 saturated heterocycles. The van der Waals surface area contributed by atoms with Crippen molar-refractivity contribution in [3.8, 4) is 16.9 Å². The van der Waals surface area contributed by atoms with Crippen LogP contribution in [0.15, 0.2) is 54.7 Å². The standard InChI is InChI=1S/C28H34N4O3/c1-19(2)27(34)31(16-24-11-8-14-35-24)18-26(33)30-28-29-25(22-9-6-5-7-10-22)17-32(28)23-13-12-20(3)21(4)15-23/h5-7,9-10,12-13,15,17,19,24H,8,11,14,16,18H2,1-4H3,(H,29,30,33). The Balaban J connectivity index is 1.60. The van der Waals surface area contributed by atoms with Gasteiger partial charge in [0.1, 0.15) is 6.54 Å². The van der Waals surface area contributed by atoms with Crippen LogP contribution in [0, 0.1) is 19.8 Å². The van der Waals surface area contributed by atoms with Crippen molar-refractivity contribution in [2.24, 2.45) is 5.92 Å². The highest BCUT2D eigenvalue weighted by Gasteiger charge is 2.26. The third kappa shape index (κ3) is 5.98. The van der Waals surface area contributed by atoms with Crippen molar-refractivity contribution in [3.05, 3.63) is 65.9 Å². The lowest BCUT2D eigenvalue weighted by Crippen LogP contribution is -2.44. The Morgan fingerprint density at radius 1 is 1.14 bits per heavy atom. The largest absolute Gasteiger partial charge is 0.376 e. The van der Waals surface area contributed by atoms with Crippen LogP contribution in [-0.4, -0.2) is 52.1 Å². The van der Waals surface area contributed by atoms with Crippen LogP contribution >= 0.6 is 0 Å². The fourth-order valence-corrected chi connectivity index (χ4v) is 4.26. The number of carbonyl (C=O) groups is 2. The summed E-state index contributed by atoms with van der Waals surface area (Å²) in [4.78, 5) is 32.4. The van der Waals surface area contributed by atoms with Gasteiger partial charge in [0.2, 0.25) is 17.8 Å². The van der Waals surface area contributed by atoms with Gasteiger partial charge in [0.15, 0.2) is 0 Å². The number of carbonyl (C=O) groups excluding carboxylic acids is 2. The first-order valence-corrected chi connectivity index (χ1v) is 12.2. The molecule has 3 aromatic rings. The van der Waals surface area contributed by atoms with Crippen LogP contribution in [-0.2, 0) is 14.3 Å². The van der Waals surface area contributed by atoms with E-state index in [2.05, 4.69) is 31.3 Å². The molecule has 2 amide bonds. The number of imidazole rings is 1. The predicted molar refractivity (Wildman–Crippen MR) is 137 cm³/mol. The fraction of sp³-hybridized carbons (Fsp3) is 0.393. The summed E-state index contributed by atoms with van der Waals surface area (Å²) in [5.41, 5.74) is 4.97. The molecule has 2 aromatic carbocycles. The summed E-state index contributed by atoms with van der Waals surface area (Å²) >= 11 is 0. The van der Waals surface area contributed by atoms with Gasteiger partial charge in [-0.3, -0.25) is 19.5 Å². The van der Waals surface area contributed by atoms with Gasteiger partial charge in [-0.15, -0.1) is 0 Å². The summed E-state index contributed by atoms with van der Waals surface area (Å²) in [6.45, 7) is 8.91. The van der Waals surface area contributed by atoms with Gasteiger partial charge < -0.3 is 9.64 Å². The van der Waals surface area contributed by atoms with Crippen LogP contribution in [0.5, 0.6) is 0 Å². The van der Waals surface area contributed by atoms with Crippen LogP contribution in [0.3, 0.4) is 0 Å². The topological polar surface area (TPSA) is 76.5 Å². The van der Waals surface area contributed by atoms with E-state index < -0.39 is 0 Å². The molecule has 4 rings (SSSR count). The summed E-state index contributed by atoms with van der Waals surface area (Å²) in [5.74, 6) is -0.122. The molecule has 1 aliphatic rings. The highest BCUT2D eigenvalue weighted by atomic mass is 16.5. The number of ether oxygens (including phenoxy) is 1. The second-order valence-electron chi connectivity index (χ2n) is 9.51. The molecule has 1 fully saturated rings. The van der Waals surface area contributed by atoms with E-state index in [1.807, 2.05) is 61.0 Å². The SMILES string of the molecule is Cc1ccc(-n2cc(-c3ccccc3)nc2NC(=O)CN(CC2CCCO2)C(=O)C(C)C)cc1C. The van der Waals surface area contributed by atoms with Crippen molar-refractivity contribution in [2.45, 2.75) is 46.6 Å². The quantitative estimate of drug-likeness (QED) is 0.511. The van der Waals surface area contributed by atoms with Crippen LogP contribution in [0.4, 0.5) is 5.95 Å². The van der Waals surface area contributed by atoms with E-state index in [0.29, 0.717) is 19.1 Å². The summed E-state index contributed by atoms with van der Waals surface area (Å²) in [6.07, 6.45) is 3.79. The van der Waals surface area contributed by atoms with Crippen molar-refractivity contribution >= 4 is 17.8 Å². The average Bonchev–Trinajstić information content (AvgIpc) is 3.50. The molecule has 1 aliphatic heterocycles. The van der Waals surface area contributed by atoms with Crippen molar-refractivity contribution in [2.75, 3.05) is 25.0 Å². The second-order valence-corrected chi connectivity index (χ2v) is 9.51. The second kappa shape index (κ2) is 10.9. The molecule has 35 heavy (non-hydrogen) atoms. The van der Waals surface area contributed by atoms with Gasteiger partial charge in [0, 0.05) is 36.5 Å². The number of aryl methyl sites for hydroxylation is 2. The lowest BCUT2D eigenvalue weighted by atomic mass is 10.1. The minimum absolute atomic E-state index is 0.0206. The number of aromatic nitrogens is 2. The molecule has 184 valence electrons. The summed E-state index contributed by atoms with van der Waals surface area (Å²) in [7, 11) is 0. The highest BCUT2D eigenvalue weighted by molar-refractivity contribution is 5.94. The number of hydrogen-bond donors (Lipinski definition) is 1. The van der Waals surface area contributed by atoms with E-state index in [1.165, 1.54) is 5.56 Å². The summed E-state index contributed by atoms with van der Waals surface area (Å²) in [5, 5.41) is 2.96. The Bertz CT molecular complexity index is 1180. The van der Waals surface area contributed by atoms with Crippen molar-refractivity contribution in [3.63, 3.8) is 0 Å². The Morgan fingerprint density at radius 2 is 1.91 bits per heavy atom. The Kier molecular flexibility index (Phi) is 7.66. The van der Waals surface area contributed by atoms with Crippen LogP contribution in [0.1, 0.15) is 37.8 Å².